The molecule has 29 heavy (non-hydrogen) atoms. The molecule has 0 unspecified atom stereocenters. The number of aryl methyl sites for hydroxylation is 1. The maximum atomic E-state index is 14.1. The Labute approximate surface area is 172 Å². The smallest absolute Gasteiger partial charge is 0.247 e. The molecule has 1 aliphatic heterocycles. The van der Waals surface area contributed by atoms with Gasteiger partial charge in [-0.2, -0.15) is 4.98 Å². The zero-order valence-corrected chi connectivity index (χ0v) is 17.0. The van der Waals surface area contributed by atoms with Gasteiger partial charge in [0.2, 0.25) is 23.2 Å². The van der Waals surface area contributed by atoms with Gasteiger partial charge in [0, 0.05) is 18.1 Å². The van der Waals surface area contributed by atoms with E-state index < -0.39 is 12.0 Å². The monoisotopic (exact) mass is 410 g/mol. The Hall–Kier alpha value is -3.00. The van der Waals surface area contributed by atoms with Gasteiger partial charge in [-0.15, -0.1) is 10.2 Å². The van der Waals surface area contributed by atoms with Crippen LogP contribution in [0.5, 0.6) is 5.88 Å². The van der Waals surface area contributed by atoms with E-state index in [2.05, 4.69) is 15.2 Å². The Bertz CT molecular complexity index is 1070. The number of aromatic nitrogens is 3. The van der Waals surface area contributed by atoms with Crippen LogP contribution >= 0.6 is 11.8 Å². The summed E-state index contributed by atoms with van der Waals surface area (Å²) >= 11 is 1.43. The SMILES string of the molecule is CCSc1nnc2c(n1)O[C@@H](c1ccc(C)cc1)N(C(C)=O)c1ccc(F)cc1-2. The molecule has 0 saturated heterocycles. The molecule has 1 aromatic heterocycles. The van der Waals surface area contributed by atoms with Crippen LogP contribution in [0.4, 0.5) is 10.1 Å². The lowest BCUT2D eigenvalue weighted by molar-refractivity contribution is -0.118. The van der Waals surface area contributed by atoms with E-state index in [1.807, 2.05) is 38.1 Å². The van der Waals surface area contributed by atoms with E-state index in [0.29, 0.717) is 22.1 Å². The second kappa shape index (κ2) is 7.79. The van der Waals surface area contributed by atoms with Gasteiger partial charge in [-0.3, -0.25) is 9.69 Å². The van der Waals surface area contributed by atoms with Crippen LogP contribution in [0.2, 0.25) is 0 Å². The standard InChI is InChI=1S/C21H19FN4O2S/c1-4-29-21-23-19-18(24-25-21)16-11-15(22)9-10-17(16)26(13(3)27)20(28-19)14-7-5-12(2)6-8-14/h5-11,20H,4H2,1-3H3/t20-/m0/s1. The summed E-state index contributed by atoms with van der Waals surface area (Å²) in [5, 5.41) is 8.84. The van der Waals surface area contributed by atoms with Crippen molar-refractivity contribution in [2.45, 2.75) is 32.2 Å². The molecule has 0 fully saturated rings. The third-order valence-electron chi connectivity index (χ3n) is 4.54. The number of benzene rings is 2. The number of anilines is 1. The highest BCUT2D eigenvalue weighted by molar-refractivity contribution is 7.99. The van der Waals surface area contributed by atoms with E-state index in [9.17, 15) is 9.18 Å². The van der Waals surface area contributed by atoms with Gasteiger partial charge in [-0.05, 0) is 30.9 Å². The lowest BCUT2D eigenvalue weighted by atomic mass is 10.1. The largest absolute Gasteiger partial charge is 0.447 e. The first kappa shape index (κ1) is 19.3. The van der Waals surface area contributed by atoms with Crippen molar-refractivity contribution in [1.82, 2.24) is 15.2 Å². The normalized spacial score (nSPS) is 15.2. The average Bonchev–Trinajstić information content (AvgIpc) is 2.83. The first-order valence-corrected chi connectivity index (χ1v) is 10.2. The molecule has 8 heteroatoms. The Balaban J connectivity index is 1.96. The highest BCUT2D eigenvalue weighted by Crippen LogP contribution is 2.43. The lowest BCUT2D eigenvalue weighted by Gasteiger charge is -2.30. The summed E-state index contributed by atoms with van der Waals surface area (Å²) in [6, 6.07) is 11.9. The van der Waals surface area contributed by atoms with Crippen LogP contribution in [-0.2, 0) is 4.79 Å². The van der Waals surface area contributed by atoms with Crippen LogP contribution in [0.15, 0.2) is 47.6 Å². The van der Waals surface area contributed by atoms with Gasteiger partial charge in [-0.1, -0.05) is 48.5 Å². The van der Waals surface area contributed by atoms with Gasteiger partial charge in [0.15, 0.2) is 5.69 Å². The fraction of sp³-hybridized carbons (Fsp3) is 0.238. The average molecular weight is 410 g/mol. The lowest BCUT2D eigenvalue weighted by Crippen LogP contribution is -2.36. The predicted molar refractivity (Wildman–Crippen MR) is 109 cm³/mol. The first-order valence-electron chi connectivity index (χ1n) is 9.18. The fourth-order valence-electron chi connectivity index (χ4n) is 3.21. The summed E-state index contributed by atoms with van der Waals surface area (Å²) in [6.45, 7) is 5.42. The predicted octanol–water partition coefficient (Wildman–Crippen LogP) is 4.54. The molecule has 0 saturated carbocycles. The minimum absolute atomic E-state index is 0.220. The number of rotatable bonds is 3. The van der Waals surface area contributed by atoms with Crippen LogP contribution in [0, 0.1) is 12.7 Å². The molecule has 0 bridgehead atoms. The summed E-state index contributed by atoms with van der Waals surface area (Å²) in [6.07, 6.45) is -0.769. The first-order chi connectivity index (χ1) is 14.0. The zero-order valence-electron chi connectivity index (χ0n) is 16.2. The van der Waals surface area contributed by atoms with Crippen LogP contribution in [-0.4, -0.2) is 26.8 Å². The van der Waals surface area contributed by atoms with Gasteiger partial charge >= 0.3 is 0 Å². The van der Waals surface area contributed by atoms with E-state index in [4.69, 9.17) is 4.74 Å². The van der Waals surface area contributed by atoms with Crippen LogP contribution < -0.4 is 9.64 Å². The molecule has 2 aromatic carbocycles. The molecule has 0 radical (unpaired) electrons. The third-order valence-corrected chi connectivity index (χ3v) is 5.26. The van der Waals surface area contributed by atoms with E-state index >= 15 is 0 Å². The molecule has 6 nitrogen and oxygen atoms in total. The Morgan fingerprint density at radius 3 is 2.66 bits per heavy atom. The van der Waals surface area contributed by atoms with E-state index in [-0.39, 0.29) is 11.8 Å². The summed E-state index contributed by atoms with van der Waals surface area (Å²) in [5.74, 6) is 0.303. The van der Waals surface area contributed by atoms with Crippen molar-refractivity contribution in [3.8, 4) is 17.1 Å². The topological polar surface area (TPSA) is 68.2 Å². The minimum atomic E-state index is -0.769. The number of thioether (sulfide) groups is 1. The van der Waals surface area contributed by atoms with Crippen LogP contribution in [0.3, 0.4) is 0 Å². The van der Waals surface area contributed by atoms with Gasteiger partial charge in [-0.25, -0.2) is 4.39 Å². The van der Waals surface area contributed by atoms with Gasteiger partial charge < -0.3 is 4.74 Å². The van der Waals surface area contributed by atoms with Crippen molar-refractivity contribution in [2.24, 2.45) is 0 Å². The number of hydrogen-bond acceptors (Lipinski definition) is 6. The minimum Gasteiger partial charge on any atom is -0.447 e. The van der Waals surface area contributed by atoms with Crippen molar-refractivity contribution in [3.63, 3.8) is 0 Å². The second-order valence-electron chi connectivity index (χ2n) is 6.61. The number of nitrogens with zero attached hydrogens (tertiary/aromatic N) is 4. The number of ether oxygens (including phenoxy) is 1. The maximum absolute atomic E-state index is 14.1. The van der Waals surface area contributed by atoms with Gasteiger partial charge in [0.25, 0.3) is 0 Å². The van der Waals surface area contributed by atoms with Crippen molar-refractivity contribution in [1.29, 1.82) is 0 Å². The Kier molecular flexibility index (Phi) is 5.19. The molecular formula is C21H19FN4O2S. The Morgan fingerprint density at radius 2 is 1.97 bits per heavy atom. The molecular weight excluding hydrogens is 391 g/mol. The van der Waals surface area contributed by atoms with E-state index in [1.165, 1.54) is 35.7 Å². The number of halogens is 1. The molecule has 1 amide bonds. The molecule has 1 aliphatic rings. The maximum Gasteiger partial charge on any atom is 0.247 e. The number of fused-ring (bicyclic) bond motifs is 3. The van der Waals surface area contributed by atoms with Crippen LogP contribution in [0.25, 0.3) is 11.3 Å². The molecule has 2 heterocycles. The number of carbonyl (C=O) groups excluding carboxylic acids is 1. The van der Waals surface area contributed by atoms with Crippen molar-refractivity contribution in [3.05, 3.63) is 59.4 Å². The summed E-state index contributed by atoms with van der Waals surface area (Å²) in [7, 11) is 0. The van der Waals surface area contributed by atoms with E-state index in [1.54, 1.807) is 6.07 Å². The summed E-state index contributed by atoms with van der Waals surface area (Å²) < 4.78 is 20.3. The highest BCUT2D eigenvalue weighted by atomic mass is 32.2. The van der Waals surface area contributed by atoms with E-state index in [0.717, 1.165) is 16.9 Å². The van der Waals surface area contributed by atoms with Crippen LogP contribution in [0.1, 0.15) is 31.2 Å². The summed E-state index contributed by atoms with van der Waals surface area (Å²) in [5.41, 5.74) is 3.08. The number of hydrogen-bond donors (Lipinski definition) is 0. The molecule has 0 N–H and O–H groups in total. The summed E-state index contributed by atoms with van der Waals surface area (Å²) in [4.78, 5) is 18.6. The number of amides is 1. The molecule has 148 valence electrons. The quantitative estimate of drug-likeness (QED) is 0.591. The second-order valence-corrected chi connectivity index (χ2v) is 7.84. The number of carbonyl (C=O) groups is 1. The fourth-order valence-corrected chi connectivity index (χ4v) is 3.72. The Morgan fingerprint density at radius 1 is 1.21 bits per heavy atom. The van der Waals surface area contributed by atoms with Gasteiger partial charge in [0.1, 0.15) is 5.82 Å². The highest BCUT2D eigenvalue weighted by Gasteiger charge is 2.34. The third kappa shape index (κ3) is 3.67. The molecule has 1 atom stereocenters. The van der Waals surface area contributed by atoms with Crippen molar-refractivity contribution < 1.29 is 13.9 Å². The molecule has 0 aliphatic carbocycles. The molecule has 0 spiro atoms. The van der Waals surface area contributed by atoms with Crippen molar-refractivity contribution >= 4 is 23.4 Å². The van der Waals surface area contributed by atoms with Gasteiger partial charge in [0.05, 0.1) is 5.69 Å². The van der Waals surface area contributed by atoms with Crippen molar-refractivity contribution in [2.75, 3.05) is 10.7 Å². The zero-order chi connectivity index (χ0) is 20.5. The molecule has 3 aromatic rings. The molecule has 4 rings (SSSR count).